The van der Waals surface area contributed by atoms with Crippen molar-refractivity contribution in [3.8, 4) is 11.5 Å². The van der Waals surface area contributed by atoms with Crippen molar-refractivity contribution in [2.45, 2.75) is 26.0 Å². The summed E-state index contributed by atoms with van der Waals surface area (Å²) in [6, 6.07) is 11.3. The summed E-state index contributed by atoms with van der Waals surface area (Å²) in [7, 11) is 0. The fraction of sp³-hybridized carbons (Fsp3) is 0.211. The minimum Gasteiger partial charge on any atom is -0.411 e. The lowest BCUT2D eigenvalue weighted by molar-refractivity contribution is -0.113. The SMILES string of the molecule is Cc1ccc(-c2nnc(SCC(=O)Nc3cc(Cl)ccc3C)o2)cc1C. The normalized spacial score (nSPS) is 10.8. The van der Waals surface area contributed by atoms with Crippen LogP contribution in [0.15, 0.2) is 46.0 Å². The molecule has 0 saturated carbocycles. The maximum Gasteiger partial charge on any atom is 0.277 e. The molecule has 134 valence electrons. The topological polar surface area (TPSA) is 68.0 Å². The quantitative estimate of drug-likeness (QED) is 0.620. The van der Waals surface area contributed by atoms with E-state index < -0.39 is 0 Å². The largest absolute Gasteiger partial charge is 0.411 e. The third-order valence-corrected chi connectivity index (χ3v) is 5.01. The number of carbonyl (C=O) groups excluding carboxylic acids is 1. The Morgan fingerprint density at radius 2 is 1.85 bits per heavy atom. The van der Waals surface area contributed by atoms with Gasteiger partial charge in [0.05, 0.1) is 5.75 Å². The first-order valence-corrected chi connectivity index (χ1v) is 9.38. The van der Waals surface area contributed by atoms with E-state index in [1.54, 1.807) is 12.1 Å². The van der Waals surface area contributed by atoms with Crippen LogP contribution in [0.3, 0.4) is 0 Å². The third-order valence-electron chi connectivity index (χ3n) is 3.96. The van der Waals surface area contributed by atoms with Crippen LogP contribution in [0.2, 0.25) is 5.02 Å². The molecule has 2 aromatic carbocycles. The molecule has 0 bridgehead atoms. The van der Waals surface area contributed by atoms with Crippen molar-refractivity contribution in [1.29, 1.82) is 0 Å². The summed E-state index contributed by atoms with van der Waals surface area (Å²) in [5, 5.41) is 11.8. The Labute approximate surface area is 161 Å². The Kier molecular flexibility index (Phi) is 5.64. The van der Waals surface area contributed by atoms with Crippen molar-refractivity contribution >= 4 is 35.0 Å². The first-order valence-electron chi connectivity index (χ1n) is 8.02. The summed E-state index contributed by atoms with van der Waals surface area (Å²) < 4.78 is 5.65. The first-order chi connectivity index (χ1) is 12.4. The second kappa shape index (κ2) is 7.93. The van der Waals surface area contributed by atoms with Crippen molar-refractivity contribution in [1.82, 2.24) is 10.2 Å². The first kappa shape index (κ1) is 18.5. The zero-order valence-electron chi connectivity index (χ0n) is 14.7. The van der Waals surface area contributed by atoms with E-state index in [1.807, 2.05) is 38.1 Å². The highest BCUT2D eigenvalue weighted by atomic mass is 35.5. The van der Waals surface area contributed by atoms with E-state index in [0.29, 0.717) is 21.8 Å². The molecule has 1 amide bonds. The van der Waals surface area contributed by atoms with Gasteiger partial charge in [0, 0.05) is 16.3 Å². The van der Waals surface area contributed by atoms with Gasteiger partial charge in [0.25, 0.3) is 5.22 Å². The highest BCUT2D eigenvalue weighted by Gasteiger charge is 2.12. The molecule has 0 aliphatic rings. The molecule has 0 atom stereocenters. The second-order valence-corrected chi connectivity index (χ2v) is 7.33. The zero-order valence-corrected chi connectivity index (χ0v) is 16.2. The lowest BCUT2D eigenvalue weighted by atomic mass is 10.1. The van der Waals surface area contributed by atoms with Gasteiger partial charge in [-0.2, -0.15) is 0 Å². The number of hydrogen-bond acceptors (Lipinski definition) is 5. The van der Waals surface area contributed by atoms with Crippen molar-refractivity contribution in [3.63, 3.8) is 0 Å². The van der Waals surface area contributed by atoms with Gasteiger partial charge < -0.3 is 9.73 Å². The summed E-state index contributed by atoms with van der Waals surface area (Å²) in [4.78, 5) is 12.1. The molecular weight excluding hydrogens is 370 g/mol. The van der Waals surface area contributed by atoms with Gasteiger partial charge in [-0.3, -0.25) is 4.79 Å². The van der Waals surface area contributed by atoms with Gasteiger partial charge in [-0.1, -0.05) is 35.5 Å². The molecule has 0 unspecified atom stereocenters. The van der Waals surface area contributed by atoms with Crippen LogP contribution in [0.5, 0.6) is 0 Å². The standard InChI is InChI=1S/C19H18ClN3O2S/c1-11-4-6-14(8-13(11)3)18-22-23-19(25-18)26-10-17(24)21-16-9-15(20)7-5-12(16)2/h4-9H,10H2,1-3H3,(H,21,24). The maximum atomic E-state index is 12.1. The Bertz CT molecular complexity index is 956. The van der Waals surface area contributed by atoms with Crippen LogP contribution >= 0.6 is 23.4 Å². The van der Waals surface area contributed by atoms with Crippen LogP contribution < -0.4 is 5.32 Å². The van der Waals surface area contributed by atoms with E-state index in [1.165, 1.54) is 17.3 Å². The lowest BCUT2D eigenvalue weighted by Gasteiger charge is -2.07. The minimum absolute atomic E-state index is 0.161. The molecule has 1 heterocycles. The smallest absolute Gasteiger partial charge is 0.277 e. The third kappa shape index (κ3) is 4.45. The molecule has 0 spiro atoms. The summed E-state index contributed by atoms with van der Waals surface area (Å²) in [6.07, 6.45) is 0. The molecule has 0 aliphatic carbocycles. The van der Waals surface area contributed by atoms with E-state index in [2.05, 4.69) is 22.4 Å². The Morgan fingerprint density at radius 1 is 1.08 bits per heavy atom. The predicted octanol–water partition coefficient (Wildman–Crippen LogP) is 5.05. The molecule has 0 saturated heterocycles. The molecule has 1 aromatic heterocycles. The number of thioether (sulfide) groups is 1. The van der Waals surface area contributed by atoms with Gasteiger partial charge >= 0.3 is 0 Å². The van der Waals surface area contributed by atoms with Crippen molar-refractivity contribution < 1.29 is 9.21 Å². The van der Waals surface area contributed by atoms with Crippen molar-refractivity contribution in [2.24, 2.45) is 0 Å². The van der Waals surface area contributed by atoms with Gasteiger partial charge in [-0.25, -0.2) is 0 Å². The molecule has 0 fully saturated rings. The van der Waals surface area contributed by atoms with E-state index in [-0.39, 0.29) is 11.7 Å². The molecule has 1 N–H and O–H groups in total. The summed E-state index contributed by atoms with van der Waals surface area (Å²) in [5.74, 6) is 0.452. The molecule has 7 heteroatoms. The Morgan fingerprint density at radius 3 is 2.62 bits per heavy atom. The summed E-state index contributed by atoms with van der Waals surface area (Å²) in [5.41, 5.74) is 4.88. The number of benzene rings is 2. The fourth-order valence-electron chi connectivity index (χ4n) is 2.30. The maximum absolute atomic E-state index is 12.1. The number of halogens is 1. The van der Waals surface area contributed by atoms with Crippen LogP contribution in [0.4, 0.5) is 5.69 Å². The highest BCUT2D eigenvalue weighted by molar-refractivity contribution is 7.99. The fourth-order valence-corrected chi connectivity index (χ4v) is 3.04. The molecule has 26 heavy (non-hydrogen) atoms. The predicted molar refractivity (Wildman–Crippen MR) is 105 cm³/mol. The van der Waals surface area contributed by atoms with Crippen LogP contribution in [0.1, 0.15) is 16.7 Å². The minimum atomic E-state index is -0.161. The number of nitrogens with zero attached hydrogens (tertiary/aromatic N) is 2. The molecule has 3 aromatic rings. The molecule has 0 radical (unpaired) electrons. The lowest BCUT2D eigenvalue weighted by Crippen LogP contribution is -2.14. The van der Waals surface area contributed by atoms with Gasteiger partial charge in [0.2, 0.25) is 11.8 Å². The van der Waals surface area contributed by atoms with Gasteiger partial charge in [-0.15, -0.1) is 10.2 Å². The number of amides is 1. The molecular formula is C19H18ClN3O2S. The van der Waals surface area contributed by atoms with E-state index in [4.69, 9.17) is 16.0 Å². The van der Waals surface area contributed by atoms with Crippen molar-refractivity contribution in [2.75, 3.05) is 11.1 Å². The molecule has 5 nitrogen and oxygen atoms in total. The van der Waals surface area contributed by atoms with Gasteiger partial charge in [0.15, 0.2) is 0 Å². The molecule has 0 aliphatic heterocycles. The van der Waals surface area contributed by atoms with Crippen molar-refractivity contribution in [3.05, 3.63) is 58.1 Å². The number of nitrogens with one attached hydrogen (secondary N) is 1. The number of aromatic nitrogens is 2. The highest BCUT2D eigenvalue weighted by Crippen LogP contribution is 2.25. The molecule has 3 rings (SSSR count). The zero-order chi connectivity index (χ0) is 18.7. The van der Waals surface area contributed by atoms with Crippen LogP contribution in [-0.2, 0) is 4.79 Å². The van der Waals surface area contributed by atoms with E-state index >= 15 is 0 Å². The van der Waals surface area contributed by atoms with Gasteiger partial charge in [-0.05, 0) is 61.7 Å². The number of carbonyl (C=O) groups is 1. The Balaban J connectivity index is 1.61. The number of rotatable bonds is 5. The van der Waals surface area contributed by atoms with Crippen LogP contribution in [0.25, 0.3) is 11.5 Å². The summed E-state index contributed by atoms with van der Waals surface area (Å²) >= 11 is 7.16. The number of hydrogen-bond donors (Lipinski definition) is 1. The van der Waals surface area contributed by atoms with Crippen LogP contribution in [0, 0.1) is 20.8 Å². The van der Waals surface area contributed by atoms with Gasteiger partial charge in [0.1, 0.15) is 0 Å². The summed E-state index contributed by atoms with van der Waals surface area (Å²) in [6.45, 7) is 5.99. The van der Waals surface area contributed by atoms with E-state index in [9.17, 15) is 4.79 Å². The average Bonchev–Trinajstić information content (AvgIpc) is 3.08. The number of aryl methyl sites for hydroxylation is 3. The monoisotopic (exact) mass is 387 g/mol. The van der Waals surface area contributed by atoms with Crippen LogP contribution in [-0.4, -0.2) is 21.9 Å². The number of anilines is 1. The Hall–Kier alpha value is -2.31. The van der Waals surface area contributed by atoms with E-state index in [0.717, 1.165) is 16.7 Å². The second-order valence-electron chi connectivity index (χ2n) is 5.97. The average molecular weight is 388 g/mol.